The van der Waals surface area contributed by atoms with Crippen LogP contribution >= 0.6 is 0 Å². The van der Waals surface area contributed by atoms with Crippen molar-refractivity contribution in [2.75, 3.05) is 11.4 Å². The fourth-order valence-electron chi connectivity index (χ4n) is 3.79. The van der Waals surface area contributed by atoms with Crippen LogP contribution in [0.2, 0.25) is 0 Å². The van der Waals surface area contributed by atoms with Gasteiger partial charge in [-0.25, -0.2) is 0 Å². The molecule has 1 aromatic rings. The molecule has 0 bridgehead atoms. The maximum absolute atomic E-state index is 5.96. The van der Waals surface area contributed by atoms with Gasteiger partial charge in [-0.05, 0) is 44.6 Å². The summed E-state index contributed by atoms with van der Waals surface area (Å²) in [5.41, 5.74) is 9.37. The van der Waals surface area contributed by atoms with Crippen molar-refractivity contribution in [1.82, 2.24) is 10.2 Å². The van der Waals surface area contributed by atoms with Crippen LogP contribution in [0.15, 0.2) is 0 Å². The summed E-state index contributed by atoms with van der Waals surface area (Å²) >= 11 is 0. The molecule has 1 saturated heterocycles. The molecular weight excluding hydrogens is 236 g/mol. The van der Waals surface area contributed by atoms with Crippen LogP contribution in [0.25, 0.3) is 0 Å². The molecule has 1 aliphatic carbocycles. The van der Waals surface area contributed by atoms with Gasteiger partial charge < -0.3 is 10.6 Å². The minimum atomic E-state index is 0.561. The topological polar surface area (TPSA) is 55.0 Å². The summed E-state index contributed by atoms with van der Waals surface area (Å²) in [5, 5.41) is 8.80. The van der Waals surface area contributed by atoms with E-state index in [0.29, 0.717) is 12.6 Å². The standard InChI is InChI=1S/C15H24N4/c1-10-11(2)17-18-15(13(10)9-16)19-8-7-12-5-3-4-6-14(12)19/h12,14H,3-9,16H2,1-2H3. The lowest BCUT2D eigenvalue weighted by Gasteiger charge is -2.33. The molecule has 0 amide bonds. The van der Waals surface area contributed by atoms with Crippen molar-refractivity contribution in [3.63, 3.8) is 0 Å². The first-order valence-corrected chi connectivity index (χ1v) is 7.52. The van der Waals surface area contributed by atoms with E-state index in [2.05, 4.69) is 22.0 Å². The zero-order valence-electron chi connectivity index (χ0n) is 12.0. The molecule has 2 unspecified atom stereocenters. The summed E-state index contributed by atoms with van der Waals surface area (Å²) in [6.07, 6.45) is 6.76. The Morgan fingerprint density at radius 3 is 2.74 bits per heavy atom. The zero-order chi connectivity index (χ0) is 13.4. The number of hydrogen-bond acceptors (Lipinski definition) is 4. The van der Waals surface area contributed by atoms with E-state index in [1.807, 2.05) is 6.92 Å². The Hall–Kier alpha value is -1.16. The highest BCUT2D eigenvalue weighted by molar-refractivity contribution is 5.52. The predicted octanol–water partition coefficient (Wildman–Crippen LogP) is 2.32. The Kier molecular flexibility index (Phi) is 3.44. The monoisotopic (exact) mass is 260 g/mol. The van der Waals surface area contributed by atoms with E-state index in [1.54, 1.807) is 0 Å². The number of aryl methyl sites for hydroxylation is 1. The summed E-state index contributed by atoms with van der Waals surface area (Å²) < 4.78 is 0. The Bertz CT molecular complexity index is 471. The smallest absolute Gasteiger partial charge is 0.156 e. The Morgan fingerprint density at radius 1 is 1.16 bits per heavy atom. The van der Waals surface area contributed by atoms with Crippen molar-refractivity contribution < 1.29 is 0 Å². The normalized spacial score (nSPS) is 26.6. The van der Waals surface area contributed by atoms with Gasteiger partial charge >= 0.3 is 0 Å². The second-order valence-corrected chi connectivity index (χ2v) is 6.01. The average Bonchev–Trinajstić information content (AvgIpc) is 2.85. The molecule has 104 valence electrons. The van der Waals surface area contributed by atoms with Gasteiger partial charge in [-0.1, -0.05) is 12.8 Å². The molecular formula is C15H24N4. The van der Waals surface area contributed by atoms with Gasteiger partial charge in [0.15, 0.2) is 5.82 Å². The first-order chi connectivity index (χ1) is 9.22. The summed E-state index contributed by atoms with van der Waals surface area (Å²) in [5.74, 6) is 1.92. The van der Waals surface area contributed by atoms with Crippen LogP contribution < -0.4 is 10.6 Å². The summed E-state index contributed by atoms with van der Waals surface area (Å²) in [6.45, 7) is 5.81. The molecule has 1 aromatic heterocycles. The highest BCUT2D eigenvalue weighted by atomic mass is 15.3. The predicted molar refractivity (Wildman–Crippen MR) is 77.1 cm³/mol. The van der Waals surface area contributed by atoms with Gasteiger partial charge in [0, 0.05) is 24.7 Å². The molecule has 0 radical (unpaired) electrons. The van der Waals surface area contributed by atoms with Crippen LogP contribution in [0, 0.1) is 19.8 Å². The molecule has 1 aliphatic heterocycles. The molecule has 0 aromatic carbocycles. The number of aromatic nitrogens is 2. The average molecular weight is 260 g/mol. The number of nitrogens with zero attached hydrogens (tertiary/aromatic N) is 3. The van der Waals surface area contributed by atoms with Gasteiger partial charge in [-0.15, -0.1) is 5.10 Å². The Labute approximate surface area is 115 Å². The highest BCUT2D eigenvalue weighted by Crippen LogP contribution is 2.39. The second kappa shape index (κ2) is 5.08. The number of fused-ring (bicyclic) bond motifs is 1. The first-order valence-electron chi connectivity index (χ1n) is 7.52. The van der Waals surface area contributed by atoms with E-state index in [0.717, 1.165) is 24.0 Å². The van der Waals surface area contributed by atoms with Crippen molar-refractivity contribution in [2.24, 2.45) is 11.7 Å². The first kappa shape index (κ1) is 12.9. The lowest BCUT2D eigenvalue weighted by molar-refractivity contribution is 0.341. The van der Waals surface area contributed by atoms with Crippen LogP contribution in [-0.2, 0) is 6.54 Å². The van der Waals surface area contributed by atoms with Crippen LogP contribution in [-0.4, -0.2) is 22.8 Å². The third-order valence-electron chi connectivity index (χ3n) is 5.05. The van der Waals surface area contributed by atoms with E-state index in [1.165, 1.54) is 43.2 Å². The van der Waals surface area contributed by atoms with Crippen LogP contribution in [0.1, 0.15) is 48.9 Å². The molecule has 2 atom stereocenters. The highest BCUT2D eigenvalue weighted by Gasteiger charge is 2.37. The van der Waals surface area contributed by atoms with Crippen LogP contribution in [0.3, 0.4) is 0 Å². The van der Waals surface area contributed by atoms with Gasteiger partial charge in [0.05, 0.1) is 5.69 Å². The second-order valence-electron chi connectivity index (χ2n) is 6.01. The van der Waals surface area contributed by atoms with Crippen molar-refractivity contribution in [1.29, 1.82) is 0 Å². The lowest BCUT2D eigenvalue weighted by atomic mass is 9.85. The van der Waals surface area contributed by atoms with E-state index in [4.69, 9.17) is 5.73 Å². The largest absolute Gasteiger partial charge is 0.352 e. The zero-order valence-corrected chi connectivity index (χ0v) is 12.0. The molecule has 4 heteroatoms. The maximum atomic E-state index is 5.96. The van der Waals surface area contributed by atoms with Gasteiger partial charge in [0.2, 0.25) is 0 Å². The van der Waals surface area contributed by atoms with Gasteiger partial charge in [0.25, 0.3) is 0 Å². The van der Waals surface area contributed by atoms with Crippen LogP contribution in [0.4, 0.5) is 5.82 Å². The summed E-state index contributed by atoms with van der Waals surface area (Å²) in [6, 6.07) is 0.676. The van der Waals surface area contributed by atoms with E-state index < -0.39 is 0 Å². The third-order valence-corrected chi connectivity index (χ3v) is 5.05. The fraction of sp³-hybridized carbons (Fsp3) is 0.733. The molecule has 0 spiro atoms. The SMILES string of the molecule is Cc1nnc(N2CCC3CCCCC32)c(CN)c1C. The van der Waals surface area contributed by atoms with Crippen molar-refractivity contribution in [3.05, 3.63) is 16.8 Å². The van der Waals surface area contributed by atoms with Crippen molar-refractivity contribution in [3.8, 4) is 0 Å². The number of hydrogen-bond donors (Lipinski definition) is 1. The van der Waals surface area contributed by atoms with Gasteiger partial charge in [0.1, 0.15) is 0 Å². The van der Waals surface area contributed by atoms with E-state index >= 15 is 0 Å². The molecule has 2 heterocycles. The molecule has 19 heavy (non-hydrogen) atoms. The number of anilines is 1. The minimum Gasteiger partial charge on any atom is -0.352 e. The van der Waals surface area contributed by atoms with E-state index in [-0.39, 0.29) is 0 Å². The minimum absolute atomic E-state index is 0.561. The molecule has 3 rings (SSSR count). The molecule has 2 aliphatic rings. The quantitative estimate of drug-likeness (QED) is 0.886. The Morgan fingerprint density at radius 2 is 1.95 bits per heavy atom. The summed E-state index contributed by atoms with van der Waals surface area (Å²) in [4.78, 5) is 2.49. The fourth-order valence-corrected chi connectivity index (χ4v) is 3.79. The maximum Gasteiger partial charge on any atom is 0.156 e. The number of nitrogens with two attached hydrogens (primary N) is 1. The van der Waals surface area contributed by atoms with Crippen molar-refractivity contribution >= 4 is 5.82 Å². The number of rotatable bonds is 2. The van der Waals surface area contributed by atoms with Crippen molar-refractivity contribution in [2.45, 2.75) is 58.5 Å². The van der Waals surface area contributed by atoms with Gasteiger partial charge in [-0.2, -0.15) is 5.10 Å². The lowest BCUT2D eigenvalue weighted by Crippen LogP contribution is -2.36. The Balaban J connectivity index is 1.96. The van der Waals surface area contributed by atoms with E-state index in [9.17, 15) is 0 Å². The summed E-state index contributed by atoms with van der Waals surface area (Å²) in [7, 11) is 0. The molecule has 1 saturated carbocycles. The van der Waals surface area contributed by atoms with Crippen LogP contribution in [0.5, 0.6) is 0 Å². The molecule has 4 nitrogen and oxygen atoms in total. The van der Waals surface area contributed by atoms with Gasteiger partial charge in [-0.3, -0.25) is 0 Å². The molecule has 2 N–H and O–H groups in total. The molecule has 2 fully saturated rings. The third kappa shape index (κ3) is 2.12.